The molecule has 0 aliphatic rings. The molecular weight excluding hydrogens is 384 g/mol. The highest BCUT2D eigenvalue weighted by Crippen LogP contribution is 2.32. The van der Waals surface area contributed by atoms with Crippen LogP contribution in [0.2, 0.25) is 0 Å². The van der Waals surface area contributed by atoms with Gasteiger partial charge in [0.2, 0.25) is 0 Å². The van der Waals surface area contributed by atoms with Crippen LogP contribution in [0.3, 0.4) is 0 Å². The summed E-state index contributed by atoms with van der Waals surface area (Å²) in [5.41, 5.74) is -0.814. The van der Waals surface area contributed by atoms with E-state index in [0.29, 0.717) is 16.1 Å². The molecule has 0 saturated carbocycles. The first-order valence-corrected chi connectivity index (χ1v) is 8.58. The molecule has 5 nitrogen and oxygen atoms in total. The summed E-state index contributed by atoms with van der Waals surface area (Å²) in [5, 5.41) is 5.81. The summed E-state index contributed by atoms with van der Waals surface area (Å²) in [7, 11) is 1.30. The number of rotatable bonds is 4. The monoisotopic (exact) mass is 398 g/mol. The Morgan fingerprint density at radius 3 is 2.67 bits per heavy atom. The summed E-state index contributed by atoms with van der Waals surface area (Å²) in [6, 6.07) is 6.27. The van der Waals surface area contributed by atoms with Gasteiger partial charge in [0, 0.05) is 24.5 Å². The Bertz CT molecular complexity index is 993. The predicted molar refractivity (Wildman–Crippen MR) is 92.2 cm³/mol. The topological polar surface area (TPSA) is 59.8 Å². The lowest BCUT2D eigenvalue weighted by molar-refractivity contribution is -0.141. The fourth-order valence-corrected chi connectivity index (χ4v) is 3.47. The molecule has 2 aromatic heterocycles. The quantitative estimate of drug-likeness (QED) is 0.671. The van der Waals surface area contributed by atoms with Gasteiger partial charge >= 0.3 is 6.18 Å². The number of aromatic nitrogens is 3. The number of nitrogens with zero attached hydrogens (tertiary/aromatic N) is 3. The van der Waals surface area contributed by atoms with Gasteiger partial charge in [-0.25, -0.2) is 9.37 Å². The second kappa shape index (κ2) is 7.10. The van der Waals surface area contributed by atoms with Gasteiger partial charge in [-0.2, -0.15) is 18.3 Å². The van der Waals surface area contributed by atoms with Gasteiger partial charge in [-0.3, -0.25) is 14.8 Å². The molecule has 0 saturated heterocycles. The molecule has 2 heterocycles. The highest BCUT2D eigenvalue weighted by molar-refractivity contribution is 7.15. The van der Waals surface area contributed by atoms with E-state index in [1.807, 2.05) is 0 Å². The Labute approximate surface area is 155 Å². The average molecular weight is 398 g/mol. The summed E-state index contributed by atoms with van der Waals surface area (Å²) in [6.45, 7) is 1.69. The zero-order valence-electron chi connectivity index (χ0n) is 14.3. The summed E-state index contributed by atoms with van der Waals surface area (Å²) < 4.78 is 53.7. The average Bonchev–Trinajstić information content (AvgIpc) is 3.12. The van der Waals surface area contributed by atoms with E-state index in [1.165, 1.54) is 13.1 Å². The van der Waals surface area contributed by atoms with E-state index in [4.69, 9.17) is 0 Å². The first-order valence-electron chi connectivity index (χ1n) is 7.77. The van der Waals surface area contributed by atoms with Crippen LogP contribution >= 0.6 is 11.3 Å². The zero-order valence-corrected chi connectivity index (χ0v) is 15.1. The number of benzene rings is 1. The van der Waals surface area contributed by atoms with E-state index in [9.17, 15) is 22.4 Å². The number of anilines is 1. The van der Waals surface area contributed by atoms with E-state index in [1.54, 1.807) is 25.1 Å². The van der Waals surface area contributed by atoms with E-state index in [0.717, 1.165) is 22.2 Å². The van der Waals surface area contributed by atoms with Crippen molar-refractivity contribution < 1.29 is 22.4 Å². The van der Waals surface area contributed by atoms with Crippen molar-refractivity contribution in [2.45, 2.75) is 19.5 Å². The summed E-state index contributed by atoms with van der Waals surface area (Å²) >= 11 is 1.09. The lowest BCUT2D eigenvalue weighted by Crippen LogP contribution is -2.17. The molecule has 3 aromatic rings. The number of aryl methyl sites for hydroxylation is 2. The predicted octanol–water partition coefficient (Wildman–Crippen LogP) is 4.19. The normalized spacial score (nSPS) is 11.6. The summed E-state index contributed by atoms with van der Waals surface area (Å²) in [5.74, 6) is -1.32. The smallest absolute Gasteiger partial charge is 0.298 e. The second-order valence-electron chi connectivity index (χ2n) is 5.81. The number of hydrogen-bond acceptors (Lipinski definition) is 4. The number of carbonyl (C=O) groups excluding carboxylic acids is 1. The first kappa shape index (κ1) is 19.0. The third-order valence-electron chi connectivity index (χ3n) is 3.76. The fraction of sp³-hybridized carbons (Fsp3) is 0.235. The molecule has 27 heavy (non-hydrogen) atoms. The van der Waals surface area contributed by atoms with Crippen molar-refractivity contribution in [3.05, 3.63) is 63.7 Å². The molecule has 0 radical (unpaired) electrons. The molecule has 0 unspecified atom stereocenters. The van der Waals surface area contributed by atoms with E-state index in [2.05, 4.69) is 15.4 Å². The molecule has 0 fully saturated rings. The van der Waals surface area contributed by atoms with Crippen LogP contribution in [0.1, 0.15) is 32.2 Å². The summed E-state index contributed by atoms with van der Waals surface area (Å²) in [6.07, 6.45) is -3.48. The number of carbonyl (C=O) groups is 1. The van der Waals surface area contributed by atoms with Crippen molar-refractivity contribution in [3.63, 3.8) is 0 Å². The van der Waals surface area contributed by atoms with E-state index >= 15 is 0 Å². The minimum absolute atomic E-state index is 0.140. The minimum Gasteiger partial charge on any atom is -0.298 e. The molecule has 0 atom stereocenters. The van der Waals surface area contributed by atoms with Crippen LogP contribution in [-0.2, 0) is 19.6 Å². The number of hydrogen-bond donors (Lipinski definition) is 1. The number of amides is 1. The van der Waals surface area contributed by atoms with Gasteiger partial charge in [0.25, 0.3) is 5.91 Å². The number of halogens is 4. The molecule has 142 valence electrons. The van der Waals surface area contributed by atoms with Crippen molar-refractivity contribution in [2.75, 3.05) is 5.32 Å². The largest absolute Gasteiger partial charge is 0.435 e. The molecule has 1 amide bonds. The Hall–Kier alpha value is -2.75. The number of thiazole rings is 1. The van der Waals surface area contributed by atoms with Crippen molar-refractivity contribution >= 4 is 22.4 Å². The molecule has 1 N–H and O–H groups in total. The molecule has 0 aliphatic carbocycles. The van der Waals surface area contributed by atoms with E-state index in [-0.39, 0.29) is 17.4 Å². The molecular formula is C17H14F4N4OS. The molecule has 0 bridgehead atoms. The highest BCUT2D eigenvalue weighted by Gasteiger charge is 2.39. The third-order valence-corrected chi connectivity index (χ3v) is 4.84. The Morgan fingerprint density at radius 1 is 1.30 bits per heavy atom. The standard InChI is InChI=1S/C17H14F4N4OS/c1-9-13(7-10-5-3-4-6-12(10)18)27-16(22-9)23-15(26)11-8-25(2)24-14(11)17(19,20)21/h3-6,8H,7H2,1-2H3,(H,22,23,26). The second-order valence-corrected chi connectivity index (χ2v) is 6.90. The van der Waals surface area contributed by atoms with Crippen LogP contribution in [-0.4, -0.2) is 20.7 Å². The molecule has 0 spiro atoms. The van der Waals surface area contributed by atoms with E-state index < -0.39 is 23.3 Å². The van der Waals surface area contributed by atoms with Crippen LogP contribution in [0.5, 0.6) is 0 Å². The molecule has 1 aromatic carbocycles. The number of alkyl halides is 3. The highest BCUT2D eigenvalue weighted by atomic mass is 32.1. The number of nitrogens with one attached hydrogen (secondary N) is 1. The van der Waals surface area contributed by atoms with Crippen molar-refractivity contribution in [2.24, 2.45) is 7.05 Å². The van der Waals surface area contributed by atoms with Crippen LogP contribution in [0, 0.1) is 12.7 Å². The van der Waals surface area contributed by atoms with Crippen molar-refractivity contribution in [1.82, 2.24) is 14.8 Å². The Balaban J connectivity index is 1.81. The van der Waals surface area contributed by atoms with Crippen molar-refractivity contribution in [1.29, 1.82) is 0 Å². The van der Waals surface area contributed by atoms with Crippen molar-refractivity contribution in [3.8, 4) is 0 Å². The molecule has 3 rings (SSSR count). The van der Waals surface area contributed by atoms with Crippen LogP contribution in [0.4, 0.5) is 22.7 Å². The van der Waals surface area contributed by atoms with Gasteiger partial charge in [-0.15, -0.1) is 11.3 Å². The lowest BCUT2D eigenvalue weighted by Gasteiger charge is -2.05. The molecule has 0 aliphatic heterocycles. The zero-order chi connectivity index (χ0) is 19.8. The van der Waals surface area contributed by atoms with Gasteiger partial charge in [0.1, 0.15) is 5.82 Å². The third kappa shape index (κ3) is 4.16. The summed E-state index contributed by atoms with van der Waals surface area (Å²) in [4.78, 5) is 17.1. The lowest BCUT2D eigenvalue weighted by atomic mass is 10.1. The Kier molecular flexibility index (Phi) is 5.01. The van der Waals surface area contributed by atoms with Gasteiger partial charge in [-0.1, -0.05) is 18.2 Å². The van der Waals surface area contributed by atoms with Gasteiger partial charge in [0.05, 0.1) is 11.3 Å². The minimum atomic E-state index is -4.75. The SMILES string of the molecule is Cc1nc(NC(=O)c2cn(C)nc2C(F)(F)F)sc1Cc1ccccc1F. The molecule has 10 heteroatoms. The van der Waals surface area contributed by atoms with Crippen LogP contribution in [0.15, 0.2) is 30.5 Å². The van der Waals surface area contributed by atoms with Gasteiger partial charge in [0.15, 0.2) is 10.8 Å². The Morgan fingerprint density at radius 2 is 2.00 bits per heavy atom. The first-order chi connectivity index (χ1) is 12.6. The van der Waals surface area contributed by atoms with Gasteiger partial charge < -0.3 is 0 Å². The van der Waals surface area contributed by atoms with Gasteiger partial charge in [-0.05, 0) is 18.6 Å². The van der Waals surface area contributed by atoms with Crippen LogP contribution < -0.4 is 5.32 Å². The maximum absolute atomic E-state index is 13.8. The maximum Gasteiger partial charge on any atom is 0.435 e. The fourth-order valence-electron chi connectivity index (χ4n) is 2.49. The maximum atomic E-state index is 13.8. The van der Waals surface area contributed by atoms with Crippen LogP contribution in [0.25, 0.3) is 0 Å².